The number of hydrogen-bond donors (Lipinski definition) is 0. The second kappa shape index (κ2) is 28.9. The first kappa shape index (κ1) is 72.8. The first-order valence-electron chi connectivity index (χ1n) is 44.1. The molecule has 0 saturated carbocycles. The van der Waals surface area contributed by atoms with E-state index >= 15 is 0 Å². The summed E-state index contributed by atoms with van der Waals surface area (Å²) in [7, 11) is 0. The van der Waals surface area contributed by atoms with Crippen molar-refractivity contribution in [3.8, 4) is 77.9 Å². The molecule has 20 aromatic carbocycles. The summed E-state index contributed by atoms with van der Waals surface area (Å²) in [4.78, 5) is 9.91. The topological polar surface area (TPSA) is 39.2 Å². The van der Waals surface area contributed by atoms with Gasteiger partial charge >= 0.3 is 0 Å². The zero-order valence-electron chi connectivity index (χ0n) is 69.6. The molecular formula is C122H78N4O2. The third kappa shape index (κ3) is 10.8. The monoisotopic (exact) mass is 1630 g/mol. The van der Waals surface area contributed by atoms with Crippen molar-refractivity contribution in [1.82, 2.24) is 0 Å². The van der Waals surface area contributed by atoms with Gasteiger partial charge in [0, 0.05) is 77.8 Å². The van der Waals surface area contributed by atoms with Gasteiger partial charge in [0.15, 0.2) is 0 Å². The number of para-hydroxylation sites is 9. The van der Waals surface area contributed by atoms with Crippen molar-refractivity contribution in [2.45, 2.75) is 10.8 Å². The van der Waals surface area contributed by atoms with Gasteiger partial charge in [-0.05, 0) is 216 Å². The SMILES string of the molecule is c1ccc(-c2ccc(N(c3ccc(-c4cccc5c4oc4ccccc45)cc3)c3cccc4c3-c3ccccc3C43c4ccccc4N(c4ccc(-c5ccc6c(c5)oc5c(-c7ccccc7N(c7ccc(-c8ccccc8)cc7)c7cccc8c7-c7ccccc7C87c8ccccc8N(c8ccccc8)c8ccccc87)cccc56)cc4)c4ccccc43)cc2)cc1. The first-order chi connectivity index (χ1) is 63.5. The molecule has 0 radical (unpaired) electrons. The highest BCUT2D eigenvalue weighted by Crippen LogP contribution is 2.68. The Labute approximate surface area is 741 Å². The van der Waals surface area contributed by atoms with E-state index in [0.717, 1.165) is 157 Å². The van der Waals surface area contributed by atoms with Crippen LogP contribution in [0.4, 0.5) is 68.2 Å². The number of fused-ring (bicyclic) bond motifs is 24. The van der Waals surface area contributed by atoms with Gasteiger partial charge in [0.2, 0.25) is 0 Å². The zero-order valence-corrected chi connectivity index (χ0v) is 69.6. The second-order valence-electron chi connectivity index (χ2n) is 33.9. The Hall–Kier alpha value is -16.8. The molecule has 0 unspecified atom stereocenters. The van der Waals surface area contributed by atoms with E-state index in [0.29, 0.717) is 0 Å². The molecule has 0 N–H and O–H groups in total. The summed E-state index contributed by atoms with van der Waals surface area (Å²) in [6, 6.07) is 174. The van der Waals surface area contributed by atoms with Gasteiger partial charge in [-0.2, -0.15) is 0 Å². The first-order valence-corrected chi connectivity index (χ1v) is 44.1. The molecule has 22 aromatic rings. The van der Waals surface area contributed by atoms with Crippen molar-refractivity contribution < 1.29 is 8.83 Å². The van der Waals surface area contributed by atoms with Crippen LogP contribution >= 0.6 is 0 Å². The van der Waals surface area contributed by atoms with Gasteiger partial charge in [-0.15, -0.1) is 0 Å². The fourth-order valence-corrected chi connectivity index (χ4v) is 22.1. The molecule has 4 aliphatic rings. The van der Waals surface area contributed by atoms with E-state index in [1.807, 2.05) is 6.07 Å². The lowest BCUT2D eigenvalue weighted by molar-refractivity contribution is 0.669. The summed E-state index contributed by atoms with van der Waals surface area (Å²) in [6.07, 6.45) is 0. The third-order valence-electron chi connectivity index (χ3n) is 27.5. The largest absolute Gasteiger partial charge is 0.455 e. The van der Waals surface area contributed by atoms with Crippen LogP contribution in [0.2, 0.25) is 0 Å². The van der Waals surface area contributed by atoms with Gasteiger partial charge in [0.05, 0.1) is 50.6 Å². The predicted octanol–water partition coefficient (Wildman–Crippen LogP) is 33.1. The predicted molar refractivity (Wildman–Crippen MR) is 529 cm³/mol. The molecular weight excluding hydrogens is 1550 g/mol. The molecule has 0 saturated heterocycles. The van der Waals surface area contributed by atoms with Crippen LogP contribution in [0, 0.1) is 0 Å². The molecule has 598 valence electrons. The summed E-state index contributed by atoms with van der Waals surface area (Å²) in [5, 5.41) is 4.34. The minimum atomic E-state index is -0.704. The van der Waals surface area contributed by atoms with Crippen molar-refractivity contribution in [1.29, 1.82) is 0 Å². The number of furan rings is 2. The fraction of sp³-hybridized carbons (Fsp3) is 0.0164. The van der Waals surface area contributed by atoms with E-state index < -0.39 is 10.8 Å². The van der Waals surface area contributed by atoms with Gasteiger partial charge in [-0.25, -0.2) is 0 Å². The maximum Gasteiger partial charge on any atom is 0.143 e. The molecule has 26 rings (SSSR count). The number of anilines is 12. The van der Waals surface area contributed by atoms with E-state index in [-0.39, 0.29) is 0 Å². The Kier molecular flexibility index (Phi) is 16.4. The quantitative estimate of drug-likeness (QED) is 0.115. The van der Waals surface area contributed by atoms with E-state index in [9.17, 15) is 0 Å². The number of benzene rings is 20. The molecule has 6 heteroatoms. The lowest BCUT2D eigenvalue weighted by Gasteiger charge is -2.45. The molecule has 0 fully saturated rings. The number of nitrogens with zero attached hydrogens (tertiary/aromatic N) is 4. The average molecular weight is 1630 g/mol. The van der Waals surface area contributed by atoms with Crippen LogP contribution in [0.15, 0.2) is 482 Å². The van der Waals surface area contributed by atoms with E-state index in [1.54, 1.807) is 0 Å². The smallest absolute Gasteiger partial charge is 0.143 e. The summed E-state index contributed by atoms with van der Waals surface area (Å²) >= 11 is 0. The Morgan fingerprint density at radius 3 is 1.05 bits per heavy atom. The Balaban J connectivity index is 0.571. The highest BCUT2D eigenvalue weighted by atomic mass is 16.3. The van der Waals surface area contributed by atoms with Gasteiger partial charge < -0.3 is 28.4 Å². The van der Waals surface area contributed by atoms with Crippen molar-refractivity contribution >= 4 is 112 Å². The van der Waals surface area contributed by atoms with Crippen LogP contribution in [-0.4, -0.2) is 0 Å². The molecule has 2 aliphatic carbocycles. The molecule has 6 nitrogen and oxygen atoms in total. The van der Waals surface area contributed by atoms with Crippen molar-refractivity contribution in [3.63, 3.8) is 0 Å². The Morgan fingerprint density at radius 1 is 0.188 bits per heavy atom. The lowest BCUT2D eigenvalue weighted by Crippen LogP contribution is -2.36. The average Bonchev–Trinajstić information content (AvgIpc) is 1.49. The zero-order chi connectivity index (χ0) is 84.1. The molecule has 0 amide bonds. The highest BCUT2D eigenvalue weighted by molar-refractivity contribution is 6.14. The van der Waals surface area contributed by atoms with Gasteiger partial charge in [0.1, 0.15) is 22.3 Å². The molecule has 0 bridgehead atoms. The summed E-state index contributed by atoms with van der Waals surface area (Å²) in [5.41, 5.74) is 40.8. The second-order valence-corrected chi connectivity index (χ2v) is 33.9. The molecule has 2 aromatic heterocycles. The van der Waals surface area contributed by atoms with Crippen LogP contribution in [0.3, 0.4) is 0 Å². The van der Waals surface area contributed by atoms with Crippen molar-refractivity contribution in [2.75, 3.05) is 19.6 Å². The lowest BCUT2D eigenvalue weighted by atomic mass is 9.64. The molecule has 4 heterocycles. The van der Waals surface area contributed by atoms with Crippen LogP contribution in [0.5, 0.6) is 0 Å². The van der Waals surface area contributed by atoms with E-state index in [4.69, 9.17) is 8.83 Å². The van der Waals surface area contributed by atoms with Gasteiger partial charge in [-0.3, -0.25) is 0 Å². The van der Waals surface area contributed by atoms with Crippen molar-refractivity contribution in [3.05, 3.63) is 518 Å². The Bertz CT molecular complexity index is 8100. The maximum absolute atomic E-state index is 7.39. The van der Waals surface area contributed by atoms with Crippen LogP contribution < -0.4 is 19.6 Å². The summed E-state index contributed by atoms with van der Waals surface area (Å²) < 4.78 is 14.0. The van der Waals surface area contributed by atoms with Gasteiger partial charge in [-0.1, -0.05) is 352 Å². The van der Waals surface area contributed by atoms with E-state index in [1.165, 1.54) is 77.9 Å². The van der Waals surface area contributed by atoms with Crippen LogP contribution in [0.25, 0.3) is 122 Å². The fourth-order valence-electron chi connectivity index (χ4n) is 22.1. The standard InChI is InChI=1S/C122H78N4O2/c1-4-30-79(31-5-1)81-60-69-87(70-61-81)123(88-75-66-84(67-76-88)91-40-26-42-96-93-37-13-25-59-115(93)127-119(91)96)113-57-28-50-106-117(113)98-38-10-14-44-100(98)121(106)104-48-18-23-55-111(104)126(112-56-24-19-49-105(112)121)90-73-64-83(65-74-90)85-68-77-94-97-43-27-41-95(120(97)128-116(94)78-85)92-36-12-20-52-108(92)124(89-71-62-82(63-72-89)80-32-6-2-7-33-80)114-58-29-51-107-118(114)99-39-11-15-45-101(99)122(107)102-46-16-21-53-109(102)125(86-34-8-3-9-35-86)110-54-22-17-47-103(110)122/h1-78H. The van der Waals surface area contributed by atoms with Crippen LogP contribution in [0.1, 0.15) is 44.5 Å². The molecule has 2 spiro atoms. The Morgan fingerprint density at radius 2 is 0.516 bits per heavy atom. The normalized spacial score (nSPS) is 13.2. The highest BCUT2D eigenvalue weighted by Gasteiger charge is 2.55. The minimum Gasteiger partial charge on any atom is -0.455 e. The van der Waals surface area contributed by atoms with Crippen molar-refractivity contribution in [2.24, 2.45) is 0 Å². The van der Waals surface area contributed by atoms with Crippen LogP contribution in [-0.2, 0) is 10.8 Å². The molecule has 2 aliphatic heterocycles. The number of rotatable bonds is 13. The van der Waals surface area contributed by atoms with Gasteiger partial charge in [0.25, 0.3) is 0 Å². The molecule has 0 atom stereocenters. The minimum absolute atomic E-state index is 0.667. The summed E-state index contributed by atoms with van der Waals surface area (Å²) in [6.45, 7) is 0. The maximum atomic E-state index is 7.39. The van der Waals surface area contributed by atoms with E-state index in [2.05, 4.69) is 487 Å². The number of hydrogen-bond acceptors (Lipinski definition) is 6. The third-order valence-corrected chi connectivity index (χ3v) is 27.5. The molecule has 128 heavy (non-hydrogen) atoms. The summed E-state index contributed by atoms with van der Waals surface area (Å²) in [5.74, 6) is 0.